The maximum absolute atomic E-state index is 6.09. The van der Waals surface area contributed by atoms with Crippen LogP contribution in [0.4, 0.5) is 0 Å². The minimum absolute atomic E-state index is 0.338. The first-order chi connectivity index (χ1) is 12.7. The molecular weight excluding hydrogens is 326 g/mol. The molecule has 3 rings (SSSR count). The predicted molar refractivity (Wildman–Crippen MR) is 107 cm³/mol. The molecule has 1 N–H and O–H groups in total. The van der Waals surface area contributed by atoms with Gasteiger partial charge in [0.05, 0.1) is 18.8 Å². The molecule has 5 nitrogen and oxygen atoms in total. The Morgan fingerprint density at radius 2 is 2.00 bits per heavy atom. The lowest BCUT2D eigenvalue weighted by Crippen LogP contribution is -2.47. The highest BCUT2D eigenvalue weighted by molar-refractivity contribution is 5.79. The highest BCUT2D eigenvalue weighted by Crippen LogP contribution is 2.30. The number of piperidine rings is 1. The monoisotopic (exact) mass is 365 g/mol. The Morgan fingerprint density at radius 3 is 2.69 bits per heavy atom. The first-order valence-corrected chi connectivity index (χ1v) is 10.9. The fourth-order valence-electron chi connectivity index (χ4n) is 4.80. The molecule has 150 valence electrons. The van der Waals surface area contributed by atoms with Crippen molar-refractivity contribution in [2.45, 2.75) is 76.9 Å². The quantitative estimate of drug-likeness (QED) is 0.578. The van der Waals surface area contributed by atoms with Crippen LogP contribution in [-0.4, -0.2) is 63.0 Å². The second kappa shape index (κ2) is 10.5. The summed E-state index contributed by atoms with van der Waals surface area (Å²) in [7, 11) is 1.91. The van der Waals surface area contributed by atoms with Gasteiger partial charge in [-0.3, -0.25) is 4.99 Å². The van der Waals surface area contributed by atoms with Gasteiger partial charge in [-0.1, -0.05) is 26.2 Å². The summed E-state index contributed by atoms with van der Waals surface area (Å²) in [4.78, 5) is 6.91. The van der Waals surface area contributed by atoms with Gasteiger partial charge in [0.2, 0.25) is 0 Å². The zero-order valence-electron chi connectivity index (χ0n) is 16.9. The molecule has 0 spiro atoms. The van der Waals surface area contributed by atoms with Crippen LogP contribution in [0.5, 0.6) is 0 Å². The van der Waals surface area contributed by atoms with E-state index >= 15 is 0 Å². The van der Waals surface area contributed by atoms with Gasteiger partial charge in [-0.05, 0) is 50.4 Å². The lowest BCUT2D eigenvalue weighted by molar-refractivity contribution is -0.0367. The molecule has 0 aromatic rings. The van der Waals surface area contributed by atoms with Crippen LogP contribution in [0.15, 0.2) is 4.99 Å². The Morgan fingerprint density at radius 1 is 1.15 bits per heavy atom. The molecule has 0 aromatic heterocycles. The normalized spacial score (nSPS) is 31.4. The van der Waals surface area contributed by atoms with Crippen LogP contribution in [-0.2, 0) is 9.47 Å². The number of hydrogen-bond donors (Lipinski definition) is 1. The van der Waals surface area contributed by atoms with E-state index in [1.54, 1.807) is 0 Å². The van der Waals surface area contributed by atoms with Crippen LogP contribution in [0.1, 0.15) is 64.7 Å². The van der Waals surface area contributed by atoms with E-state index in [-0.39, 0.29) is 0 Å². The van der Waals surface area contributed by atoms with Gasteiger partial charge in [-0.15, -0.1) is 0 Å². The Balaban J connectivity index is 1.31. The second-order valence-electron chi connectivity index (χ2n) is 8.56. The third-order valence-corrected chi connectivity index (χ3v) is 6.38. The topological polar surface area (TPSA) is 46.1 Å². The summed E-state index contributed by atoms with van der Waals surface area (Å²) < 4.78 is 11.7. The van der Waals surface area contributed by atoms with Crippen molar-refractivity contribution in [2.24, 2.45) is 16.8 Å². The van der Waals surface area contributed by atoms with Crippen molar-refractivity contribution >= 4 is 5.96 Å². The molecular formula is C21H39N3O2. The lowest BCUT2D eigenvalue weighted by Gasteiger charge is -2.35. The summed E-state index contributed by atoms with van der Waals surface area (Å²) in [5.41, 5.74) is 0. The Labute approximate surface area is 159 Å². The summed E-state index contributed by atoms with van der Waals surface area (Å²) >= 11 is 0. The molecule has 0 bridgehead atoms. The lowest BCUT2D eigenvalue weighted by atomic mass is 9.81. The van der Waals surface area contributed by atoms with E-state index < -0.39 is 0 Å². The number of guanidine groups is 1. The Kier molecular flexibility index (Phi) is 8.06. The highest BCUT2D eigenvalue weighted by atomic mass is 16.5. The maximum Gasteiger partial charge on any atom is 0.193 e. The Hall–Kier alpha value is -0.810. The molecule has 2 saturated heterocycles. The van der Waals surface area contributed by atoms with Gasteiger partial charge >= 0.3 is 0 Å². The minimum atomic E-state index is 0.338. The molecule has 3 unspecified atom stereocenters. The zero-order chi connectivity index (χ0) is 18.2. The van der Waals surface area contributed by atoms with Crippen molar-refractivity contribution < 1.29 is 9.47 Å². The summed E-state index contributed by atoms with van der Waals surface area (Å²) in [5.74, 6) is 2.90. The van der Waals surface area contributed by atoms with Crippen molar-refractivity contribution in [3.63, 3.8) is 0 Å². The van der Waals surface area contributed by atoms with Gasteiger partial charge < -0.3 is 19.7 Å². The minimum Gasteiger partial charge on any atom is -0.376 e. The molecule has 26 heavy (non-hydrogen) atoms. The number of likely N-dealkylation sites (tertiary alicyclic amines) is 1. The summed E-state index contributed by atoms with van der Waals surface area (Å²) in [5, 5.41) is 3.61. The molecule has 0 aromatic carbocycles. The second-order valence-corrected chi connectivity index (χ2v) is 8.56. The van der Waals surface area contributed by atoms with E-state index in [1.165, 1.54) is 38.5 Å². The van der Waals surface area contributed by atoms with E-state index in [2.05, 4.69) is 22.1 Å². The number of hydrogen-bond acceptors (Lipinski definition) is 3. The van der Waals surface area contributed by atoms with Crippen molar-refractivity contribution in [1.29, 1.82) is 0 Å². The van der Waals surface area contributed by atoms with Crippen LogP contribution < -0.4 is 5.32 Å². The molecule has 2 aliphatic heterocycles. The van der Waals surface area contributed by atoms with Crippen molar-refractivity contribution in [1.82, 2.24) is 10.2 Å². The van der Waals surface area contributed by atoms with E-state index in [0.29, 0.717) is 12.2 Å². The molecule has 0 amide bonds. The smallest absolute Gasteiger partial charge is 0.193 e. The highest BCUT2D eigenvalue weighted by Gasteiger charge is 2.24. The SMILES string of the molecule is CN=C(NCCC1CCCC(C)C1)N1CCC(OCC2CCCO2)CC1. The summed E-state index contributed by atoms with van der Waals surface area (Å²) in [6.07, 6.45) is 12.2. The van der Waals surface area contributed by atoms with Crippen LogP contribution in [0.3, 0.4) is 0 Å². The number of aliphatic imine (C=N–C) groups is 1. The number of nitrogens with zero attached hydrogens (tertiary/aromatic N) is 2. The van der Waals surface area contributed by atoms with Gasteiger partial charge in [0.15, 0.2) is 5.96 Å². The third kappa shape index (κ3) is 6.12. The predicted octanol–water partition coefficient (Wildman–Crippen LogP) is 3.44. The largest absolute Gasteiger partial charge is 0.376 e. The average molecular weight is 366 g/mol. The maximum atomic E-state index is 6.09. The fourth-order valence-corrected chi connectivity index (χ4v) is 4.80. The van der Waals surface area contributed by atoms with Gasteiger partial charge in [-0.2, -0.15) is 0 Å². The van der Waals surface area contributed by atoms with Gasteiger partial charge in [0, 0.05) is 33.3 Å². The summed E-state index contributed by atoms with van der Waals surface area (Å²) in [6.45, 7) is 7.22. The van der Waals surface area contributed by atoms with Crippen LogP contribution in [0.25, 0.3) is 0 Å². The fraction of sp³-hybridized carbons (Fsp3) is 0.952. The molecule has 0 radical (unpaired) electrons. The van der Waals surface area contributed by atoms with Crippen LogP contribution in [0.2, 0.25) is 0 Å². The van der Waals surface area contributed by atoms with Crippen LogP contribution in [0, 0.1) is 11.8 Å². The van der Waals surface area contributed by atoms with E-state index in [4.69, 9.17) is 9.47 Å². The van der Waals surface area contributed by atoms with Crippen LogP contribution >= 0.6 is 0 Å². The van der Waals surface area contributed by atoms with E-state index in [0.717, 1.165) is 69.9 Å². The van der Waals surface area contributed by atoms with Gasteiger partial charge in [0.1, 0.15) is 0 Å². The summed E-state index contributed by atoms with van der Waals surface area (Å²) in [6, 6.07) is 0. The molecule has 3 fully saturated rings. The number of ether oxygens (including phenoxy) is 2. The molecule has 5 heteroatoms. The molecule has 3 atom stereocenters. The van der Waals surface area contributed by atoms with Gasteiger partial charge in [0.25, 0.3) is 0 Å². The van der Waals surface area contributed by atoms with E-state index in [9.17, 15) is 0 Å². The molecule has 1 aliphatic carbocycles. The number of nitrogens with one attached hydrogen (secondary N) is 1. The Bertz CT molecular complexity index is 429. The van der Waals surface area contributed by atoms with Crippen molar-refractivity contribution in [2.75, 3.05) is 39.9 Å². The number of rotatable bonds is 6. The third-order valence-electron chi connectivity index (χ3n) is 6.38. The zero-order valence-corrected chi connectivity index (χ0v) is 16.9. The molecule has 2 heterocycles. The standard InChI is InChI=1S/C21H39N3O2/c1-17-5-3-6-18(15-17)8-11-23-21(22-2)24-12-9-19(10-13-24)26-16-20-7-4-14-25-20/h17-20H,3-16H2,1-2H3,(H,22,23). The van der Waals surface area contributed by atoms with Crippen molar-refractivity contribution in [3.05, 3.63) is 0 Å². The molecule has 1 saturated carbocycles. The average Bonchev–Trinajstić information content (AvgIpc) is 3.18. The van der Waals surface area contributed by atoms with Gasteiger partial charge in [-0.25, -0.2) is 0 Å². The van der Waals surface area contributed by atoms with E-state index in [1.807, 2.05) is 7.05 Å². The first kappa shape index (κ1) is 19.9. The first-order valence-electron chi connectivity index (χ1n) is 10.9. The van der Waals surface area contributed by atoms with Crippen molar-refractivity contribution in [3.8, 4) is 0 Å². The molecule has 3 aliphatic rings.